The number of hydrogen-bond donors (Lipinski definition) is 1. The molecular formula is C10H20N2O2S. The molecule has 4 nitrogen and oxygen atoms in total. The van der Waals surface area contributed by atoms with Gasteiger partial charge in [0.2, 0.25) is 10.0 Å². The second-order valence-corrected chi connectivity index (χ2v) is 7.03. The molecule has 2 saturated heterocycles. The minimum atomic E-state index is -2.98. The smallest absolute Gasteiger partial charge is 0.213 e. The third-order valence-corrected chi connectivity index (χ3v) is 5.54. The highest BCUT2D eigenvalue weighted by Crippen LogP contribution is 2.29. The van der Waals surface area contributed by atoms with Crippen LogP contribution >= 0.6 is 0 Å². The van der Waals surface area contributed by atoms with Gasteiger partial charge in [0.05, 0.1) is 5.75 Å². The van der Waals surface area contributed by atoms with Crippen LogP contribution < -0.4 is 5.32 Å². The molecule has 0 aromatic rings. The maximum Gasteiger partial charge on any atom is 0.213 e. The van der Waals surface area contributed by atoms with Crippen molar-refractivity contribution in [1.29, 1.82) is 0 Å². The minimum absolute atomic E-state index is 0.230. The van der Waals surface area contributed by atoms with E-state index in [4.69, 9.17) is 0 Å². The Labute approximate surface area is 92.1 Å². The average Bonchev–Trinajstić information content (AvgIpc) is 2.24. The van der Waals surface area contributed by atoms with Gasteiger partial charge >= 0.3 is 0 Å². The van der Waals surface area contributed by atoms with Crippen LogP contribution in [-0.4, -0.2) is 44.2 Å². The molecule has 2 rings (SSSR count). The van der Waals surface area contributed by atoms with Gasteiger partial charge in [0.15, 0.2) is 0 Å². The monoisotopic (exact) mass is 232 g/mol. The summed E-state index contributed by atoms with van der Waals surface area (Å²) in [6.07, 6.45) is 1.18. The van der Waals surface area contributed by atoms with Crippen molar-refractivity contribution in [3.8, 4) is 0 Å². The maximum atomic E-state index is 11.8. The van der Waals surface area contributed by atoms with Crippen LogP contribution in [0.4, 0.5) is 0 Å². The Morgan fingerprint density at radius 3 is 2.80 bits per heavy atom. The highest BCUT2D eigenvalue weighted by molar-refractivity contribution is 7.89. The van der Waals surface area contributed by atoms with E-state index in [0.717, 1.165) is 6.54 Å². The fraction of sp³-hybridized carbons (Fsp3) is 1.00. The molecule has 3 atom stereocenters. The Morgan fingerprint density at radius 1 is 1.40 bits per heavy atom. The quantitative estimate of drug-likeness (QED) is 0.743. The molecule has 2 heterocycles. The molecule has 2 fully saturated rings. The van der Waals surface area contributed by atoms with E-state index in [9.17, 15) is 8.42 Å². The molecule has 15 heavy (non-hydrogen) atoms. The SMILES string of the molecule is CCS(=O)(=O)N1CC2CNC(C)C(C2)C1. The van der Waals surface area contributed by atoms with E-state index in [0.29, 0.717) is 31.0 Å². The maximum absolute atomic E-state index is 11.8. The third-order valence-electron chi connectivity index (χ3n) is 3.73. The van der Waals surface area contributed by atoms with Crippen molar-refractivity contribution in [2.75, 3.05) is 25.4 Å². The Kier molecular flexibility index (Phi) is 3.05. The molecule has 3 unspecified atom stereocenters. The van der Waals surface area contributed by atoms with Gasteiger partial charge in [-0.15, -0.1) is 0 Å². The second-order valence-electron chi connectivity index (χ2n) is 4.78. The first-order valence-corrected chi connectivity index (χ1v) is 7.35. The van der Waals surface area contributed by atoms with Crippen LogP contribution in [0.25, 0.3) is 0 Å². The van der Waals surface area contributed by atoms with Crippen LogP contribution in [0.15, 0.2) is 0 Å². The number of piperidine rings is 2. The van der Waals surface area contributed by atoms with Crippen molar-refractivity contribution in [2.24, 2.45) is 11.8 Å². The molecule has 0 aliphatic carbocycles. The van der Waals surface area contributed by atoms with Gasteiger partial charge in [0, 0.05) is 19.1 Å². The van der Waals surface area contributed by atoms with Gasteiger partial charge in [-0.1, -0.05) is 0 Å². The van der Waals surface area contributed by atoms with Crippen LogP contribution in [0.2, 0.25) is 0 Å². The first kappa shape index (κ1) is 11.4. The van der Waals surface area contributed by atoms with Crippen molar-refractivity contribution in [3.63, 3.8) is 0 Å². The lowest BCUT2D eigenvalue weighted by atomic mass is 9.82. The largest absolute Gasteiger partial charge is 0.314 e. The highest BCUT2D eigenvalue weighted by atomic mass is 32.2. The minimum Gasteiger partial charge on any atom is -0.314 e. The Hall–Kier alpha value is -0.130. The number of hydrogen-bond acceptors (Lipinski definition) is 3. The number of sulfonamides is 1. The molecule has 2 aliphatic rings. The third kappa shape index (κ3) is 2.19. The van der Waals surface area contributed by atoms with Gasteiger partial charge in [-0.3, -0.25) is 0 Å². The van der Waals surface area contributed by atoms with Gasteiger partial charge in [-0.05, 0) is 38.6 Å². The number of nitrogens with one attached hydrogen (secondary N) is 1. The predicted molar refractivity (Wildman–Crippen MR) is 60.1 cm³/mol. The summed E-state index contributed by atoms with van der Waals surface area (Å²) < 4.78 is 25.3. The lowest BCUT2D eigenvalue weighted by Gasteiger charge is -2.44. The molecule has 2 bridgehead atoms. The van der Waals surface area contributed by atoms with Crippen LogP contribution in [0.5, 0.6) is 0 Å². The zero-order chi connectivity index (χ0) is 11.1. The molecule has 5 heteroatoms. The van der Waals surface area contributed by atoms with Crippen molar-refractivity contribution in [3.05, 3.63) is 0 Å². The Balaban J connectivity index is 2.12. The van der Waals surface area contributed by atoms with Crippen LogP contribution in [0, 0.1) is 11.8 Å². The number of fused-ring (bicyclic) bond motifs is 2. The van der Waals surface area contributed by atoms with E-state index < -0.39 is 10.0 Å². The highest BCUT2D eigenvalue weighted by Gasteiger charge is 2.38. The van der Waals surface area contributed by atoms with Crippen molar-refractivity contribution < 1.29 is 8.42 Å². The van der Waals surface area contributed by atoms with Crippen LogP contribution in [0.1, 0.15) is 20.3 Å². The Bertz CT molecular complexity index is 328. The van der Waals surface area contributed by atoms with E-state index >= 15 is 0 Å². The predicted octanol–water partition coefficient (Wildman–Crippen LogP) is 0.266. The van der Waals surface area contributed by atoms with E-state index in [-0.39, 0.29) is 5.75 Å². The zero-order valence-corrected chi connectivity index (χ0v) is 10.3. The number of nitrogens with zero attached hydrogens (tertiary/aromatic N) is 1. The van der Waals surface area contributed by atoms with Crippen molar-refractivity contribution in [1.82, 2.24) is 9.62 Å². The molecule has 1 N–H and O–H groups in total. The fourth-order valence-electron chi connectivity index (χ4n) is 2.64. The standard InChI is InChI=1S/C10H20N2O2S/c1-3-15(13,14)12-6-9-4-10(7-12)8(2)11-5-9/h8-11H,3-7H2,1-2H3. The summed E-state index contributed by atoms with van der Waals surface area (Å²) in [5, 5.41) is 3.45. The van der Waals surface area contributed by atoms with Gasteiger partial charge in [0.25, 0.3) is 0 Å². The van der Waals surface area contributed by atoms with Crippen LogP contribution in [0.3, 0.4) is 0 Å². The molecule has 0 amide bonds. The average molecular weight is 232 g/mol. The molecule has 88 valence electrons. The van der Waals surface area contributed by atoms with Crippen molar-refractivity contribution in [2.45, 2.75) is 26.3 Å². The molecule has 2 aliphatic heterocycles. The van der Waals surface area contributed by atoms with E-state index in [1.165, 1.54) is 6.42 Å². The van der Waals surface area contributed by atoms with E-state index in [1.54, 1.807) is 11.2 Å². The first-order valence-electron chi connectivity index (χ1n) is 5.74. The topological polar surface area (TPSA) is 49.4 Å². The number of rotatable bonds is 2. The summed E-state index contributed by atoms with van der Waals surface area (Å²) >= 11 is 0. The van der Waals surface area contributed by atoms with Gasteiger partial charge in [-0.2, -0.15) is 0 Å². The van der Waals surface area contributed by atoms with Gasteiger partial charge < -0.3 is 5.32 Å². The van der Waals surface area contributed by atoms with E-state index in [2.05, 4.69) is 12.2 Å². The molecule has 0 aromatic carbocycles. The first-order chi connectivity index (χ1) is 7.03. The lowest BCUT2D eigenvalue weighted by Crippen LogP contribution is -2.56. The Morgan fingerprint density at radius 2 is 2.13 bits per heavy atom. The molecule has 0 saturated carbocycles. The lowest BCUT2D eigenvalue weighted by molar-refractivity contribution is 0.125. The fourth-order valence-corrected chi connectivity index (χ4v) is 3.86. The summed E-state index contributed by atoms with van der Waals surface area (Å²) in [7, 11) is -2.98. The van der Waals surface area contributed by atoms with E-state index in [1.807, 2.05) is 0 Å². The van der Waals surface area contributed by atoms with Crippen LogP contribution in [-0.2, 0) is 10.0 Å². The summed E-state index contributed by atoms with van der Waals surface area (Å²) in [5.74, 6) is 1.24. The zero-order valence-electron chi connectivity index (χ0n) is 9.44. The van der Waals surface area contributed by atoms with Crippen molar-refractivity contribution >= 4 is 10.0 Å². The van der Waals surface area contributed by atoms with Gasteiger partial charge in [-0.25, -0.2) is 12.7 Å². The summed E-state index contributed by atoms with van der Waals surface area (Å²) in [6, 6.07) is 0.455. The molecule has 0 radical (unpaired) electrons. The van der Waals surface area contributed by atoms with Gasteiger partial charge in [0.1, 0.15) is 0 Å². The summed E-state index contributed by atoms with van der Waals surface area (Å²) in [6.45, 7) is 6.27. The molecular weight excluding hydrogens is 212 g/mol. The summed E-state index contributed by atoms with van der Waals surface area (Å²) in [4.78, 5) is 0. The normalized spacial score (nSPS) is 37.9. The summed E-state index contributed by atoms with van der Waals surface area (Å²) in [5.41, 5.74) is 0. The second kappa shape index (κ2) is 4.03. The molecule has 0 aromatic heterocycles. The molecule has 0 spiro atoms.